The van der Waals surface area contributed by atoms with Crippen molar-refractivity contribution in [3.8, 4) is 11.4 Å². The van der Waals surface area contributed by atoms with Crippen LogP contribution in [0.5, 0.6) is 0 Å². The summed E-state index contributed by atoms with van der Waals surface area (Å²) in [7, 11) is 0. The number of halogens is 2. The summed E-state index contributed by atoms with van der Waals surface area (Å²) in [5.41, 5.74) is 2.84. The van der Waals surface area contributed by atoms with Crippen LogP contribution in [0.25, 0.3) is 11.4 Å². The number of aromatic nitrogens is 2. The maximum absolute atomic E-state index is 13.4. The van der Waals surface area contributed by atoms with Gasteiger partial charge in [0.2, 0.25) is 0 Å². The summed E-state index contributed by atoms with van der Waals surface area (Å²) >= 11 is 0. The summed E-state index contributed by atoms with van der Waals surface area (Å²) in [4.78, 5) is 17.6. The Balaban J connectivity index is 1.67. The van der Waals surface area contributed by atoms with E-state index in [9.17, 15) is 13.6 Å². The lowest BCUT2D eigenvalue weighted by atomic mass is 10.2. The molecule has 6 heteroatoms. The van der Waals surface area contributed by atoms with Crippen LogP contribution in [0.4, 0.5) is 8.78 Å². The van der Waals surface area contributed by atoms with Crippen LogP contribution in [0, 0.1) is 11.6 Å². The van der Waals surface area contributed by atoms with Crippen LogP contribution in [0.15, 0.2) is 48.5 Å². The Labute approximate surface area is 168 Å². The maximum atomic E-state index is 13.4. The maximum Gasteiger partial charge on any atom is 0.272 e. The highest BCUT2D eigenvalue weighted by Gasteiger charge is 2.34. The van der Waals surface area contributed by atoms with Gasteiger partial charge in [-0.25, -0.2) is 13.8 Å². The Morgan fingerprint density at radius 1 is 1.14 bits per heavy atom. The van der Waals surface area contributed by atoms with Crippen LogP contribution in [0.1, 0.15) is 53.8 Å². The fraction of sp³-hybridized carbons (Fsp3) is 0.304. The SMILES string of the molecule is CCCn1c(-c2ccc(F)cc2)nc(C(=O)NCc2cccc(F)c2)c1C1CC1. The van der Waals surface area contributed by atoms with E-state index in [1.54, 1.807) is 24.3 Å². The van der Waals surface area contributed by atoms with Gasteiger partial charge in [0.25, 0.3) is 5.91 Å². The van der Waals surface area contributed by atoms with Gasteiger partial charge < -0.3 is 9.88 Å². The molecule has 29 heavy (non-hydrogen) atoms. The monoisotopic (exact) mass is 395 g/mol. The van der Waals surface area contributed by atoms with E-state index in [1.807, 2.05) is 0 Å². The molecule has 1 heterocycles. The Kier molecular flexibility index (Phi) is 5.43. The Hall–Kier alpha value is -3.02. The molecule has 1 aliphatic carbocycles. The van der Waals surface area contributed by atoms with Crippen molar-refractivity contribution in [2.75, 3.05) is 0 Å². The van der Waals surface area contributed by atoms with Gasteiger partial charge in [-0.05, 0) is 61.2 Å². The normalized spacial score (nSPS) is 13.5. The van der Waals surface area contributed by atoms with E-state index in [1.165, 1.54) is 24.3 Å². The summed E-state index contributed by atoms with van der Waals surface area (Å²) in [5, 5.41) is 2.87. The number of imidazole rings is 1. The van der Waals surface area contributed by atoms with Crippen LogP contribution in [0.3, 0.4) is 0 Å². The molecule has 150 valence electrons. The molecule has 3 aromatic rings. The van der Waals surface area contributed by atoms with Crippen LogP contribution in [-0.4, -0.2) is 15.5 Å². The zero-order valence-electron chi connectivity index (χ0n) is 16.3. The smallest absolute Gasteiger partial charge is 0.272 e. The molecule has 0 bridgehead atoms. The first-order valence-corrected chi connectivity index (χ1v) is 9.95. The first kappa shape index (κ1) is 19.3. The van der Waals surface area contributed by atoms with Gasteiger partial charge >= 0.3 is 0 Å². The second kappa shape index (κ2) is 8.15. The third-order valence-electron chi connectivity index (χ3n) is 5.08. The number of hydrogen-bond donors (Lipinski definition) is 1. The van der Waals surface area contributed by atoms with Crippen molar-refractivity contribution in [2.45, 2.75) is 45.2 Å². The Bertz CT molecular complexity index is 1020. The number of carbonyl (C=O) groups is 1. The quantitative estimate of drug-likeness (QED) is 0.609. The Morgan fingerprint density at radius 3 is 2.55 bits per heavy atom. The predicted molar refractivity (Wildman–Crippen MR) is 107 cm³/mol. The minimum Gasteiger partial charge on any atom is -0.347 e. The molecule has 1 fully saturated rings. The molecule has 2 aromatic carbocycles. The standard InChI is InChI=1S/C23H23F2N3O/c1-2-12-28-21(16-6-7-16)20(27-22(28)17-8-10-18(24)11-9-17)23(29)26-14-15-4-3-5-19(25)13-15/h3-5,8-11,13,16H,2,6-7,12,14H2,1H3,(H,26,29). The topological polar surface area (TPSA) is 46.9 Å². The molecule has 0 spiro atoms. The second-order valence-electron chi connectivity index (χ2n) is 7.41. The molecule has 1 N–H and O–H groups in total. The second-order valence-corrected chi connectivity index (χ2v) is 7.41. The largest absolute Gasteiger partial charge is 0.347 e. The minimum absolute atomic E-state index is 0.229. The first-order valence-electron chi connectivity index (χ1n) is 9.95. The van der Waals surface area contributed by atoms with Gasteiger partial charge in [-0.1, -0.05) is 19.1 Å². The fourth-order valence-electron chi connectivity index (χ4n) is 3.59. The fourth-order valence-corrected chi connectivity index (χ4v) is 3.59. The van der Waals surface area contributed by atoms with Gasteiger partial charge in [-0.15, -0.1) is 0 Å². The summed E-state index contributed by atoms with van der Waals surface area (Å²) in [6, 6.07) is 12.4. The van der Waals surface area contributed by atoms with Crippen LogP contribution in [-0.2, 0) is 13.1 Å². The number of rotatable bonds is 7. The van der Waals surface area contributed by atoms with Gasteiger partial charge in [0.1, 0.15) is 23.2 Å². The molecule has 0 radical (unpaired) electrons. The van der Waals surface area contributed by atoms with E-state index >= 15 is 0 Å². The van der Waals surface area contributed by atoms with Crippen molar-refractivity contribution < 1.29 is 13.6 Å². The minimum atomic E-state index is -0.332. The summed E-state index contributed by atoms with van der Waals surface area (Å²) in [6.45, 7) is 3.05. The third kappa shape index (κ3) is 4.21. The lowest BCUT2D eigenvalue weighted by Gasteiger charge is -2.11. The highest BCUT2D eigenvalue weighted by Crippen LogP contribution is 2.43. The third-order valence-corrected chi connectivity index (χ3v) is 5.08. The lowest BCUT2D eigenvalue weighted by Crippen LogP contribution is -2.24. The van der Waals surface area contributed by atoms with Crippen LogP contribution < -0.4 is 5.32 Å². The molecule has 0 aliphatic heterocycles. The molecule has 1 aromatic heterocycles. The molecular weight excluding hydrogens is 372 g/mol. The summed E-state index contributed by atoms with van der Waals surface area (Å²) in [6.07, 6.45) is 2.96. The van der Waals surface area contributed by atoms with Gasteiger partial charge in [-0.3, -0.25) is 4.79 Å². The highest BCUT2D eigenvalue weighted by atomic mass is 19.1. The first-order chi connectivity index (χ1) is 14.1. The van der Waals surface area contributed by atoms with E-state index in [0.29, 0.717) is 23.0 Å². The van der Waals surface area contributed by atoms with Gasteiger partial charge in [0.05, 0.1) is 5.69 Å². The summed E-state index contributed by atoms with van der Waals surface area (Å²) in [5.74, 6) is 0.0938. The number of benzene rings is 2. The lowest BCUT2D eigenvalue weighted by molar-refractivity contribution is 0.0945. The van der Waals surface area contributed by atoms with E-state index in [4.69, 9.17) is 0 Å². The number of amides is 1. The van der Waals surface area contributed by atoms with Crippen molar-refractivity contribution in [3.05, 3.63) is 77.1 Å². The molecule has 0 saturated heterocycles. The van der Waals surface area contributed by atoms with Gasteiger partial charge in [-0.2, -0.15) is 0 Å². The molecule has 1 saturated carbocycles. The molecule has 1 aliphatic rings. The van der Waals surface area contributed by atoms with E-state index in [-0.39, 0.29) is 24.1 Å². The van der Waals surface area contributed by atoms with Crippen LogP contribution >= 0.6 is 0 Å². The van der Waals surface area contributed by atoms with Crippen molar-refractivity contribution in [1.82, 2.24) is 14.9 Å². The Morgan fingerprint density at radius 2 is 1.90 bits per heavy atom. The number of hydrogen-bond acceptors (Lipinski definition) is 2. The van der Waals surface area contributed by atoms with Crippen molar-refractivity contribution in [2.24, 2.45) is 0 Å². The van der Waals surface area contributed by atoms with Crippen LogP contribution in [0.2, 0.25) is 0 Å². The molecule has 0 unspecified atom stereocenters. The molecule has 0 atom stereocenters. The number of nitrogens with zero attached hydrogens (tertiary/aromatic N) is 2. The van der Waals surface area contributed by atoms with Crippen molar-refractivity contribution in [1.29, 1.82) is 0 Å². The summed E-state index contributed by atoms with van der Waals surface area (Å²) < 4.78 is 28.9. The zero-order chi connectivity index (χ0) is 20.4. The number of nitrogens with one attached hydrogen (secondary N) is 1. The molecule has 4 rings (SSSR count). The van der Waals surface area contributed by atoms with E-state index in [0.717, 1.165) is 37.1 Å². The van der Waals surface area contributed by atoms with Crippen molar-refractivity contribution >= 4 is 5.91 Å². The van der Waals surface area contributed by atoms with Gasteiger partial charge in [0, 0.05) is 24.6 Å². The molecule has 1 amide bonds. The average Bonchev–Trinajstić information content (AvgIpc) is 3.48. The molecule has 4 nitrogen and oxygen atoms in total. The van der Waals surface area contributed by atoms with Crippen molar-refractivity contribution in [3.63, 3.8) is 0 Å². The molecular formula is C23H23F2N3O. The van der Waals surface area contributed by atoms with E-state index < -0.39 is 0 Å². The highest BCUT2D eigenvalue weighted by molar-refractivity contribution is 5.94. The zero-order valence-corrected chi connectivity index (χ0v) is 16.3. The number of carbonyl (C=O) groups excluding carboxylic acids is 1. The van der Waals surface area contributed by atoms with E-state index in [2.05, 4.69) is 21.8 Å². The predicted octanol–water partition coefficient (Wildman–Crippen LogP) is 5.05. The average molecular weight is 395 g/mol. The van der Waals surface area contributed by atoms with Gasteiger partial charge in [0.15, 0.2) is 0 Å².